The molecule has 1 heterocycles. The molecular formula is C15H16FN3OS. The minimum atomic E-state index is -0.354. The fourth-order valence-electron chi connectivity index (χ4n) is 1.85. The second-order valence-electron chi connectivity index (χ2n) is 4.56. The number of carbonyl (C=O) groups is 1. The number of halogens is 1. The van der Waals surface area contributed by atoms with E-state index >= 15 is 0 Å². The molecule has 0 saturated heterocycles. The number of Topliss-reactive ketones (excluding diaryl/α,β-unsaturated/α-hetero) is 1. The van der Waals surface area contributed by atoms with Crippen molar-refractivity contribution in [1.82, 2.24) is 14.8 Å². The van der Waals surface area contributed by atoms with Crippen molar-refractivity contribution in [3.8, 4) is 0 Å². The summed E-state index contributed by atoms with van der Waals surface area (Å²) in [5, 5.41) is 8.44. The number of benzene rings is 1. The Morgan fingerprint density at radius 1 is 1.43 bits per heavy atom. The van der Waals surface area contributed by atoms with Crippen LogP contribution in [-0.4, -0.2) is 25.8 Å². The Bertz CT molecular complexity index is 651. The SMILES string of the molecule is C=CCn1c(C)nnc1SC(C)C(=O)c1ccc(F)cc1. The van der Waals surface area contributed by atoms with Gasteiger partial charge in [0.05, 0.1) is 5.25 Å². The van der Waals surface area contributed by atoms with Crippen LogP contribution in [0.15, 0.2) is 42.1 Å². The zero-order valence-corrected chi connectivity index (χ0v) is 12.7. The van der Waals surface area contributed by atoms with Gasteiger partial charge in [-0.25, -0.2) is 4.39 Å². The van der Waals surface area contributed by atoms with E-state index in [2.05, 4.69) is 16.8 Å². The van der Waals surface area contributed by atoms with E-state index in [9.17, 15) is 9.18 Å². The van der Waals surface area contributed by atoms with Crippen LogP contribution in [0.25, 0.3) is 0 Å². The van der Waals surface area contributed by atoms with Gasteiger partial charge in [0, 0.05) is 12.1 Å². The van der Waals surface area contributed by atoms with E-state index in [0.29, 0.717) is 17.3 Å². The predicted octanol–water partition coefficient (Wildman–Crippen LogP) is 3.28. The molecule has 0 N–H and O–H groups in total. The molecule has 2 rings (SSSR count). The Morgan fingerprint density at radius 2 is 2.10 bits per heavy atom. The van der Waals surface area contributed by atoms with Crippen LogP contribution in [0.3, 0.4) is 0 Å². The van der Waals surface area contributed by atoms with Gasteiger partial charge in [-0.2, -0.15) is 0 Å². The van der Waals surface area contributed by atoms with Crippen LogP contribution in [0.1, 0.15) is 23.1 Å². The molecule has 2 aromatic rings. The van der Waals surface area contributed by atoms with Crippen molar-refractivity contribution >= 4 is 17.5 Å². The van der Waals surface area contributed by atoms with Crippen molar-refractivity contribution < 1.29 is 9.18 Å². The summed E-state index contributed by atoms with van der Waals surface area (Å²) in [5.41, 5.74) is 0.489. The Hall–Kier alpha value is -1.95. The molecule has 0 radical (unpaired) electrons. The maximum Gasteiger partial charge on any atom is 0.192 e. The van der Waals surface area contributed by atoms with Crippen LogP contribution in [0.5, 0.6) is 0 Å². The third-order valence-corrected chi connectivity index (χ3v) is 4.07. The number of aromatic nitrogens is 3. The number of nitrogens with zero attached hydrogens (tertiary/aromatic N) is 3. The van der Waals surface area contributed by atoms with Crippen molar-refractivity contribution in [3.63, 3.8) is 0 Å². The maximum atomic E-state index is 12.9. The molecule has 21 heavy (non-hydrogen) atoms. The van der Waals surface area contributed by atoms with Crippen LogP contribution >= 0.6 is 11.8 Å². The van der Waals surface area contributed by atoms with Gasteiger partial charge < -0.3 is 4.57 Å². The molecule has 0 saturated carbocycles. The monoisotopic (exact) mass is 305 g/mol. The van der Waals surface area contributed by atoms with Gasteiger partial charge in [0.25, 0.3) is 0 Å². The fraction of sp³-hybridized carbons (Fsp3) is 0.267. The average Bonchev–Trinajstić information content (AvgIpc) is 2.81. The second kappa shape index (κ2) is 6.67. The number of thioether (sulfide) groups is 1. The molecule has 0 aliphatic carbocycles. The smallest absolute Gasteiger partial charge is 0.192 e. The first-order chi connectivity index (χ1) is 10.0. The van der Waals surface area contributed by atoms with E-state index < -0.39 is 0 Å². The summed E-state index contributed by atoms with van der Waals surface area (Å²) in [6, 6.07) is 5.56. The lowest BCUT2D eigenvalue weighted by atomic mass is 10.1. The summed E-state index contributed by atoms with van der Waals surface area (Å²) in [7, 11) is 0. The molecule has 0 aliphatic rings. The lowest BCUT2D eigenvalue weighted by molar-refractivity contribution is 0.0994. The Kier molecular flexibility index (Phi) is 4.90. The summed E-state index contributed by atoms with van der Waals surface area (Å²) in [4.78, 5) is 12.3. The van der Waals surface area contributed by atoms with Gasteiger partial charge in [0.15, 0.2) is 10.9 Å². The van der Waals surface area contributed by atoms with E-state index in [0.717, 1.165) is 5.82 Å². The second-order valence-corrected chi connectivity index (χ2v) is 5.87. The lowest BCUT2D eigenvalue weighted by Crippen LogP contribution is -2.15. The van der Waals surface area contributed by atoms with E-state index in [1.807, 2.05) is 11.5 Å². The van der Waals surface area contributed by atoms with Gasteiger partial charge in [-0.3, -0.25) is 4.79 Å². The first kappa shape index (κ1) is 15.4. The van der Waals surface area contributed by atoms with Crippen molar-refractivity contribution in [2.24, 2.45) is 0 Å². The molecule has 0 bridgehead atoms. The van der Waals surface area contributed by atoms with E-state index in [1.54, 1.807) is 13.0 Å². The zero-order valence-electron chi connectivity index (χ0n) is 11.9. The molecule has 0 aliphatic heterocycles. The van der Waals surface area contributed by atoms with Gasteiger partial charge in [0.2, 0.25) is 0 Å². The van der Waals surface area contributed by atoms with Gasteiger partial charge in [-0.1, -0.05) is 17.8 Å². The average molecular weight is 305 g/mol. The minimum Gasteiger partial charge on any atom is -0.302 e. The summed E-state index contributed by atoms with van der Waals surface area (Å²) in [6.45, 7) is 7.95. The summed E-state index contributed by atoms with van der Waals surface area (Å²) in [5.74, 6) is 0.359. The van der Waals surface area contributed by atoms with Crippen molar-refractivity contribution in [2.45, 2.75) is 30.8 Å². The number of aryl methyl sites for hydroxylation is 1. The Labute approximate surface area is 127 Å². The molecule has 1 aromatic carbocycles. The molecule has 4 nitrogen and oxygen atoms in total. The van der Waals surface area contributed by atoms with Crippen LogP contribution in [-0.2, 0) is 6.54 Å². The lowest BCUT2D eigenvalue weighted by Gasteiger charge is -2.11. The Morgan fingerprint density at radius 3 is 2.71 bits per heavy atom. The molecular weight excluding hydrogens is 289 g/mol. The van der Waals surface area contributed by atoms with Crippen LogP contribution in [0.4, 0.5) is 4.39 Å². The minimum absolute atomic E-state index is 0.0641. The van der Waals surface area contributed by atoms with Crippen LogP contribution in [0.2, 0.25) is 0 Å². The molecule has 0 amide bonds. The highest BCUT2D eigenvalue weighted by Crippen LogP contribution is 2.25. The molecule has 0 fully saturated rings. The van der Waals surface area contributed by atoms with E-state index in [-0.39, 0.29) is 16.9 Å². The van der Waals surface area contributed by atoms with Crippen molar-refractivity contribution in [1.29, 1.82) is 0 Å². The number of rotatable bonds is 6. The largest absolute Gasteiger partial charge is 0.302 e. The predicted molar refractivity (Wildman–Crippen MR) is 81.0 cm³/mol. The molecule has 110 valence electrons. The van der Waals surface area contributed by atoms with Crippen LogP contribution in [0, 0.1) is 12.7 Å². The van der Waals surface area contributed by atoms with Gasteiger partial charge in [0.1, 0.15) is 11.6 Å². The number of hydrogen-bond acceptors (Lipinski definition) is 4. The number of hydrogen-bond donors (Lipinski definition) is 0. The highest BCUT2D eigenvalue weighted by Gasteiger charge is 2.20. The standard InChI is InChI=1S/C15H16FN3OS/c1-4-9-19-11(3)17-18-15(19)21-10(2)14(20)12-5-7-13(16)8-6-12/h4-8,10H,1,9H2,2-3H3. The number of ketones is 1. The first-order valence-electron chi connectivity index (χ1n) is 6.50. The number of carbonyl (C=O) groups excluding carboxylic acids is 1. The molecule has 0 spiro atoms. The Balaban J connectivity index is 2.14. The summed E-state index contributed by atoms with van der Waals surface area (Å²) >= 11 is 1.34. The molecule has 1 unspecified atom stereocenters. The third-order valence-electron chi connectivity index (χ3n) is 2.99. The van der Waals surface area contributed by atoms with Crippen molar-refractivity contribution in [3.05, 3.63) is 54.1 Å². The first-order valence-corrected chi connectivity index (χ1v) is 7.38. The summed E-state index contributed by atoms with van der Waals surface area (Å²) in [6.07, 6.45) is 1.76. The zero-order chi connectivity index (χ0) is 15.4. The summed E-state index contributed by atoms with van der Waals surface area (Å²) < 4.78 is 14.8. The van der Waals surface area contributed by atoms with Crippen LogP contribution < -0.4 is 0 Å². The van der Waals surface area contributed by atoms with Gasteiger partial charge in [-0.15, -0.1) is 16.8 Å². The fourth-order valence-corrected chi connectivity index (χ4v) is 2.83. The molecule has 6 heteroatoms. The van der Waals surface area contributed by atoms with Gasteiger partial charge in [-0.05, 0) is 38.1 Å². The topological polar surface area (TPSA) is 47.8 Å². The van der Waals surface area contributed by atoms with Crippen molar-refractivity contribution in [2.75, 3.05) is 0 Å². The van der Waals surface area contributed by atoms with Gasteiger partial charge >= 0.3 is 0 Å². The molecule has 1 aromatic heterocycles. The third kappa shape index (κ3) is 3.58. The van der Waals surface area contributed by atoms with E-state index in [4.69, 9.17) is 0 Å². The molecule has 1 atom stereocenters. The number of allylic oxidation sites excluding steroid dienone is 1. The quantitative estimate of drug-likeness (QED) is 0.467. The highest BCUT2D eigenvalue weighted by molar-refractivity contribution is 8.00. The normalized spacial score (nSPS) is 12.1. The van der Waals surface area contributed by atoms with E-state index in [1.165, 1.54) is 36.0 Å². The maximum absolute atomic E-state index is 12.9. The highest BCUT2D eigenvalue weighted by atomic mass is 32.2.